The molecule has 0 bridgehead atoms. The number of anilines is 2. The standard InChI is InChI=1S/C13H22N4O/c1-9(2)10-6-5-7-17(10)13-11(18-4)12(14-3)15-8-16-13/h8-10H,5-7H2,1-4H3,(H,14,15,16). The van der Waals surface area contributed by atoms with E-state index in [1.807, 2.05) is 7.05 Å². The Labute approximate surface area is 109 Å². The van der Waals surface area contributed by atoms with E-state index in [1.54, 1.807) is 13.4 Å². The lowest BCUT2D eigenvalue weighted by molar-refractivity contribution is 0.408. The third kappa shape index (κ3) is 2.21. The molecule has 1 aliphatic rings. The van der Waals surface area contributed by atoms with Crippen molar-refractivity contribution in [3.8, 4) is 5.75 Å². The second-order valence-electron chi connectivity index (χ2n) is 4.98. The molecule has 0 saturated carbocycles. The third-order valence-corrected chi connectivity index (χ3v) is 3.57. The number of hydrogen-bond donors (Lipinski definition) is 1. The number of nitrogens with zero attached hydrogens (tertiary/aromatic N) is 3. The summed E-state index contributed by atoms with van der Waals surface area (Å²) in [6, 6.07) is 0.540. The Kier molecular flexibility index (Phi) is 3.89. The Morgan fingerprint density at radius 3 is 2.83 bits per heavy atom. The molecule has 1 fully saturated rings. The molecule has 1 aliphatic heterocycles. The van der Waals surface area contributed by atoms with E-state index < -0.39 is 0 Å². The van der Waals surface area contributed by atoms with Gasteiger partial charge in [-0.15, -0.1) is 0 Å². The molecule has 2 heterocycles. The quantitative estimate of drug-likeness (QED) is 0.887. The molecule has 5 heteroatoms. The van der Waals surface area contributed by atoms with Gasteiger partial charge in [-0.05, 0) is 18.8 Å². The van der Waals surface area contributed by atoms with Crippen molar-refractivity contribution in [2.75, 3.05) is 30.9 Å². The zero-order valence-corrected chi connectivity index (χ0v) is 11.6. The van der Waals surface area contributed by atoms with Crippen molar-refractivity contribution in [1.82, 2.24) is 9.97 Å². The fourth-order valence-electron chi connectivity index (χ4n) is 2.68. The van der Waals surface area contributed by atoms with E-state index >= 15 is 0 Å². The summed E-state index contributed by atoms with van der Waals surface area (Å²) in [6.45, 7) is 5.56. The maximum atomic E-state index is 5.48. The number of hydrogen-bond acceptors (Lipinski definition) is 5. The molecular formula is C13H22N4O. The van der Waals surface area contributed by atoms with E-state index in [2.05, 4.69) is 34.0 Å². The van der Waals surface area contributed by atoms with Gasteiger partial charge in [0.2, 0.25) is 5.75 Å². The van der Waals surface area contributed by atoms with Gasteiger partial charge >= 0.3 is 0 Å². The van der Waals surface area contributed by atoms with Crippen LogP contribution in [0, 0.1) is 5.92 Å². The van der Waals surface area contributed by atoms with Gasteiger partial charge in [-0.1, -0.05) is 13.8 Å². The molecule has 1 atom stereocenters. The van der Waals surface area contributed by atoms with Crippen molar-refractivity contribution >= 4 is 11.6 Å². The maximum absolute atomic E-state index is 5.48. The first kappa shape index (κ1) is 12.9. The smallest absolute Gasteiger partial charge is 0.204 e. The van der Waals surface area contributed by atoms with Crippen molar-refractivity contribution < 1.29 is 4.74 Å². The second-order valence-corrected chi connectivity index (χ2v) is 4.98. The Morgan fingerprint density at radius 1 is 1.44 bits per heavy atom. The zero-order chi connectivity index (χ0) is 13.1. The van der Waals surface area contributed by atoms with Crippen molar-refractivity contribution in [3.05, 3.63) is 6.33 Å². The van der Waals surface area contributed by atoms with Gasteiger partial charge in [-0.25, -0.2) is 9.97 Å². The number of rotatable bonds is 4. The van der Waals surface area contributed by atoms with Crippen LogP contribution in [0.4, 0.5) is 11.6 Å². The number of ether oxygens (including phenoxy) is 1. The van der Waals surface area contributed by atoms with Crippen LogP contribution < -0.4 is 15.0 Å². The highest BCUT2D eigenvalue weighted by molar-refractivity contribution is 5.65. The minimum absolute atomic E-state index is 0.540. The minimum atomic E-state index is 0.540. The maximum Gasteiger partial charge on any atom is 0.204 e. The van der Waals surface area contributed by atoms with E-state index in [0.717, 1.165) is 23.9 Å². The summed E-state index contributed by atoms with van der Waals surface area (Å²) < 4.78 is 5.48. The minimum Gasteiger partial charge on any atom is -0.490 e. The molecule has 0 spiro atoms. The summed E-state index contributed by atoms with van der Waals surface area (Å²) >= 11 is 0. The first-order chi connectivity index (χ1) is 8.69. The van der Waals surface area contributed by atoms with Crippen LogP contribution >= 0.6 is 0 Å². The Bertz CT molecular complexity index is 408. The largest absolute Gasteiger partial charge is 0.490 e. The molecule has 0 amide bonds. The van der Waals surface area contributed by atoms with Gasteiger partial charge in [0.15, 0.2) is 11.6 Å². The van der Waals surface area contributed by atoms with Crippen LogP contribution in [0.5, 0.6) is 5.75 Å². The van der Waals surface area contributed by atoms with Crippen LogP contribution in [0.25, 0.3) is 0 Å². The summed E-state index contributed by atoms with van der Waals surface area (Å²) in [5.41, 5.74) is 0. The normalized spacial score (nSPS) is 19.4. The molecule has 1 saturated heterocycles. The summed E-state index contributed by atoms with van der Waals surface area (Å²) in [5, 5.41) is 3.05. The Hall–Kier alpha value is -1.52. The van der Waals surface area contributed by atoms with E-state index in [4.69, 9.17) is 4.74 Å². The molecular weight excluding hydrogens is 228 g/mol. The summed E-state index contributed by atoms with van der Waals surface area (Å²) in [4.78, 5) is 11.0. The fraction of sp³-hybridized carbons (Fsp3) is 0.692. The molecule has 0 aromatic carbocycles. The van der Waals surface area contributed by atoms with Gasteiger partial charge in [0, 0.05) is 19.6 Å². The summed E-state index contributed by atoms with van der Waals surface area (Å²) in [6.07, 6.45) is 4.03. The van der Waals surface area contributed by atoms with Gasteiger partial charge in [-0.2, -0.15) is 0 Å². The average Bonchev–Trinajstić information content (AvgIpc) is 2.86. The highest BCUT2D eigenvalue weighted by atomic mass is 16.5. The van der Waals surface area contributed by atoms with Crippen LogP contribution in [-0.2, 0) is 0 Å². The number of methoxy groups -OCH3 is 1. The summed E-state index contributed by atoms with van der Waals surface area (Å²) in [5.74, 6) is 3.02. The van der Waals surface area contributed by atoms with Crippen molar-refractivity contribution in [2.45, 2.75) is 32.7 Å². The topological polar surface area (TPSA) is 50.3 Å². The van der Waals surface area contributed by atoms with Gasteiger partial charge in [0.1, 0.15) is 6.33 Å². The lowest BCUT2D eigenvalue weighted by Gasteiger charge is -2.29. The number of aromatic nitrogens is 2. The Morgan fingerprint density at radius 2 is 2.22 bits per heavy atom. The lowest BCUT2D eigenvalue weighted by atomic mass is 10.0. The molecule has 1 unspecified atom stereocenters. The molecule has 100 valence electrons. The number of nitrogens with one attached hydrogen (secondary N) is 1. The highest BCUT2D eigenvalue weighted by Gasteiger charge is 2.30. The predicted molar refractivity (Wildman–Crippen MR) is 73.3 cm³/mol. The van der Waals surface area contributed by atoms with Crippen LogP contribution in [0.1, 0.15) is 26.7 Å². The first-order valence-corrected chi connectivity index (χ1v) is 6.52. The lowest BCUT2D eigenvalue weighted by Crippen LogP contribution is -2.34. The van der Waals surface area contributed by atoms with Crippen LogP contribution in [0.2, 0.25) is 0 Å². The highest BCUT2D eigenvalue weighted by Crippen LogP contribution is 2.37. The fourth-order valence-corrected chi connectivity index (χ4v) is 2.68. The summed E-state index contributed by atoms with van der Waals surface area (Å²) in [7, 11) is 3.52. The SMILES string of the molecule is CNc1ncnc(N2CCCC2C(C)C)c1OC. The van der Waals surface area contributed by atoms with E-state index in [0.29, 0.717) is 12.0 Å². The van der Waals surface area contributed by atoms with Crippen molar-refractivity contribution in [1.29, 1.82) is 0 Å². The van der Waals surface area contributed by atoms with Crippen LogP contribution in [0.3, 0.4) is 0 Å². The predicted octanol–water partition coefficient (Wildman–Crippen LogP) is 2.15. The van der Waals surface area contributed by atoms with E-state index in [9.17, 15) is 0 Å². The van der Waals surface area contributed by atoms with Gasteiger partial charge in [0.25, 0.3) is 0 Å². The van der Waals surface area contributed by atoms with Crippen LogP contribution in [-0.4, -0.2) is 36.7 Å². The molecule has 1 aromatic rings. The molecule has 0 radical (unpaired) electrons. The van der Waals surface area contributed by atoms with E-state index in [1.165, 1.54) is 12.8 Å². The zero-order valence-electron chi connectivity index (χ0n) is 11.6. The average molecular weight is 250 g/mol. The molecule has 2 rings (SSSR count). The molecule has 1 N–H and O–H groups in total. The van der Waals surface area contributed by atoms with Gasteiger partial charge in [0.05, 0.1) is 7.11 Å². The third-order valence-electron chi connectivity index (χ3n) is 3.57. The molecule has 1 aromatic heterocycles. The second kappa shape index (κ2) is 5.42. The molecule has 18 heavy (non-hydrogen) atoms. The molecule has 5 nitrogen and oxygen atoms in total. The van der Waals surface area contributed by atoms with Gasteiger partial charge < -0.3 is 15.0 Å². The Balaban J connectivity index is 2.38. The van der Waals surface area contributed by atoms with E-state index in [-0.39, 0.29) is 0 Å². The first-order valence-electron chi connectivity index (χ1n) is 6.52. The molecule has 0 aliphatic carbocycles. The van der Waals surface area contributed by atoms with Crippen molar-refractivity contribution in [2.24, 2.45) is 5.92 Å². The monoisotopic (exact) mass is 250 g/mol. The van der Waals surface area contributed by atoms with Crippen molar-refractivity contribution in [3.63, 3.8) is 0 Å². The van der Waals surface area contributed by atoms with Gasteiger partial charge in [-0.3, -0.25) is 0 Å². The van der Waals surface area contributed by atoms with Crippen LogP contribution in [0.15, 0.2) is 6.33 Å².